The molecule has 5 nitrogen and oxygen atoms in total. The van der Waals surface area contributed by atoms with Crippen molar-refractivity contribution in [3.05, 3.63) is 57.2 Å². The van der Waals surface area contributed by atoms with Gasteiger partial charge in [0.25, 0.3) is 5.91 Å². The summed E-state index contributed by atoms with van der Waals surface area (Å²) in [6, 6.07) is 13.9. The predicted octanol–water partition coefficient (Wildman–Crippen LogP) is 4.26. The molecular weight excluding hydrogens is 420 g/mol. The van der Waals surface area contributed by atoms with Gasteiger partial charge in [-0.2, -0.15) is 0 Å². The summed E-state index contributed by atoms with van der Waals surface area (Å²) < 4.78 is 6.16. The zero-order valence-electron chi connectivity index (χ0n) is 17.0. The number of carbonyl (C=O) groups excluding carboxylic acids is 2. The number of hydrogen-bond donors (Lipinski definition) is 0. The fraction of sp³-hybridized carbons (Fsp3) is 0.478. The van der Waals surface area contributed by atoms with Gasteiger partial charge in [-0.05, 0) is 43.4 Å². The molecule has 0 radical (unpaired) electrons. The van der Waals surface area contributed by atoms with Gasteiger partial charge in [0.1, 0.15) is 0 Å². The SMILES string of the molecule is O=C(c1ccc(Cl)s1)N1CCC(N(C(=O)Cc2ccccc2)C2CCOCC2)CC1. The molecule has 2 fully saturated rings. The van der Waals surface area contributed by atoms with E-state index in [9.17, 15) is 9.59 Å². The number of amides is 2. The zero-order chi connectivity index (χ0) is 20.9. The number of carbonyl (C=O) groups is 2. The molecule has 3 heterocycles. The van der Waals surface area contributed by atoms with Crippen molar-refractivity contribution in [3.8, 4) is 0 Å². The van der Waals surface area contributed by atoms with E-state index in [1.54, 1.807) is 12.1 Å². The maximum absolute atomic E-state index is 13.3. The Morgan fingerprint density at radius 1 is 1.00 bits per heavy atom. The van der Waals surface area contributed by atoms with E-state index < -0.39 is 0 Å². The largest absolute Gasteiger partial charge is 0.381 e. The molecule has 2 aromatic rings. The van der Waals surface area contributed by atoms with Gasteiger partial charge in [0.05, 0.1) is 15.6 Å². The van der Waals surface area contributed by atoms with Gasteiger partial charge >= 0.3 is 0 Å². The van der Waals surface area contributed by atoms with Crippen molar-refractivity contribution < 1.29 is 14.3 Å². The van der Waals surface area contributed by atoms with E-state index in [0.717, 1.165) is 31.2 Å². The smallest absolute Gasteiger partial charge is 0.263 e. The molecule has 0 atom stereocenters. The van der Waals surface area contributed by atoms with Crippen LogP contribution in [-0.2, 0) is 16.0 Å². The van der Waals surface area contributed by atoms with Crippen LogP contribution in [0.1, 0.15) is 40.9 Å². The van der Waals surface area contributed by atoms with Crippen LogP contribution in [0.2, 0.25) is 4.34 Å². The average Bonchev–Trinajstić information content (AvgIpc) is 3.22. The van der Waals surface area contributed by atoms with Crippen molar-refractivity contribution in [2.24, 2.45) is 0 Å². The highest BCUT2D eigenvalue weighted by Crippen LogP contribution is 2.28. The van der Waals surface area contributed by atoms with Gasteiger partial charge < -0.3 is 14.5 Å². The van der Waals surface area contributed by atoms with Crippen LogP contribution in [0.15, 0.2) is 42.5 Å². The minimum absolute atomic E-state index is 0.0404. The van der Waals surface area contributed by atoms with Crippen LogP contribution in [0.3, 0.4) is 0 Å². The Morgan fingerprint density at radius 3 is 2.30 bits per heavy atom. The molecule has 2 amide bonds. The van der Waals surface area contributed by atoms with Crippen molar-refractivity contribution in [1.29, 1.82) is 0 Å². The van der Waals surface area contributed by atoms with E-state index in [4.69, 9.17) is 16.3 Å². The number of rotatable bonds is 5. The number of piperidine rings is 1. The summed E-state index contributed by atoms with van der Waals surface area (Å²) in [6.07, 6.45) is 3.80. The van der Waals surface area contributed by atoms with Crippen LogP contribution >= 0.6 is 22.9 Å². The minimum Gasteiger partial charge on any atom is -0.381 e. The fourth-order valence-corrected chi connectivity index (χ4v) is 5.47. The molecule has 0 aliphatic carbocycles. The van der Waals surface area contributed by atoms with E-state index in [1.165, 1.54) is 11.3 Å². The first-order valence-corrected chi connectivity index (χ1v) is 11.8. The molecule has 160 valence electrons. The second kappa shape index (κ2) is 9.94. The topological polar surface area (TPSA) is 49.9 Å². The van der Waals surface area contributed by atoms with Crippen LogP contribution in [0.5, 0.6) is 0 Å². The Labute approximate surface area is 186 Å². The molecule has 1 aromatic carbocycles. The highest BCUT2D eigenvalue weighted by molar-refractivity contribution is 7.17. The molecule has 0 unspecified atom stereocenters. The minimum atomic E-state index is 0.0404. The lowest BCUT2D eigenvalue weighted by molar-refractivity contribution is -0.139. The molecule has 0 spiro atoms. The Bertz CT molecular complexity index is 858. The number of hydrogen-bond acceptors (Lipinski definition) is 4. The lowest BCUT2D eigenvalue weighted by Crippen LogP contribution is -2.54. The number of benzene rings is 1. The highest BCUT2D eigenvalue weighted by Gasteiger charge is 2.35. The number of nitrogens with zero attached hydrogens (tertiary/aromatic N) is 2. The van der Waals surface area contributed by atoms with Gasteiger partial charge in [-0.25, -0.2) is 0 Å². The normalized spacial score (nSPS) is 18.4. The molecule has 7 heteroatoms. The van der Waals surface area contributed by atoms with E-state index >= 15 is 0 Å². The summed E-state index contributed by atoms with van der Waals surface area (Å²) in [5.41, 5.74) is 1.04. The number of ether oxygens (including phenoxy) is 1. The third-order valence-electron chi connectivity index (χ3n) is 6.00. The van der Waals surface area contributed by atoms with Gasteiger partial charge in [0.2, 0.25) is 5.91 Å². The Hall–Kier alpha value is -1.89. The van der Waals surface area contributed by atoms with Gasteiger partial charge in [-0.1, -0.05) is 41.9 Å². The molecule has 0 N–H and O–H groups in total. The van der Waals surface area contributed by atoms with Gasteiger partial charge in [-0.3, -0.25) is 9.59 Å². The monoisotopic (exact) mass is 446 g/mol. The molecule has 30 heavy (non-hydrogen) atoms. The lowest BCUT2D eigenvalue weighted by atomic mass is 9.96. The van der Waals surface area contributed by atoms with Gasteiger partial charge in [0.15, 0.2) is 0 Å². The summed E-state index contributed by atoms with van der Waals surface area (Å²) in [4.78, 5) is 30.8. The maximum Gasteiger partial charge on any atom is 0.263 e. The van der Waals surface area contributed by atoms with E-state index in [-0.39, 0.29) is 23.9 Å². The average molecular weight is 447 g/mol. The molecule has 0 bridgehead atoms. The molecule has 2 saturated heterocycles. The molecule has 0 saturated carbocycles. The molecule has 1 aromatic heterocycles. The summed E-state index contributed by atoms with van der Waals surface area (Å²) in [7, 11) is 0. The first-order valence-electron chi connectivity index (χ1n) is 10.6. The summed E-state index contributed by atoms with van der Waals surface area (Å²) >= 11 is 7.31. The van der Waals surface area contributed by atoms with Crippen molar-refractivity contribution in [1.82, 2.24) is 9.80 Å². The van der Waals surface area contributed by atoms with E-state index in [1.807, 2.05) is 35.2 Å². The van der Waals surface area contributed by atoms with Crippen LogP contribution in [0.25, 0.3) is 0 Å². The van der Waals surface area contributed by atoms with Crippen LogP contribution in [0.4, 0.5) is 0 Å². The third-order valence-corrected chi connectivity index (χ3v) is 7.22. The first-order chi connectivity index (χ1) is 14.6. The zero-order valence-corrected chi connectivity index (χ0v) is 18.5. The second-order valence-corrected chi connectivity index (χ2v) is 9.65. The van der Waals surface area contributed by atoms with Crippen molar-refractivity contribution in [2.45, 2.75) is 44.2 Å². The van der Waals surface area contributed by atoms with Crippen LogP contribution in [-0.4, -0.2) is 60.0 Å². The molecule has 2 aliphatic rings. The summed E-state index contributed by atoms with van der Waals surface area (Å²) in [6.45, 7) is 2.74. The molecule has 4 rings (SSSR count). The van der Waals surface area contributed by atoms with Crippen LogP contribution < -0.4 is 0 Å². The first kappa shape index (κ1) is 21.3. The quantitative estimate of drug-likeness (QED) is 0.689. The van der Waals surface area contributed by atoms with Crippen molar-refractivity contribution in [2.75, 3.05) is 26.3 Å². The molecular formula is C23H27ClN2O3S. The van der Waals surface area contributed by atoms with E-state index in [2.05, 4.69) is 4.90 Å². The number of likely N-dealkylation sites (tertiary alicyclic amines) is 1. The Morgan fingerprint density at radius 2 is 1.67 bits per heavy atom. The summed E-state index contributed by atoms with van der Waals surface area (Å²) in [5, 5.41) is 0. The molecule has 2 aliphatic heterocycles. The highest BCUT2D eigenvalue weighted by atomic mass is 35.5. The van der Waals surface area contributed by atoms with Crippen molar-refractivity contribution in [3.63, 3.8) is 0 Å². The Kier molecular flexibility index (Phi) is 7.08. The number of thiophene rings is 1. The number of halogens is 1. The predicted molar refractivity (Wildman–Crippen MR) is 119 cm³/mol. The van der Waals surface area contributed by atoms with Gasteiger partial charge in [0, 0.05) is 38.4 Å². The maximum atomic E-state index is 13.3. The van der Waals surface area contributed by atoms with E-state index in [0.29, 0.717) is 41.9 Å². The third kappa shape index (κ3) is 5.05. The second-order valence-electron chi connectivity index (χ2n) is 7.93. The lowest BCUT2D eigenvalue weighted by Gasteiger charge is -2.43. The fourth-order valence-electron chi connectivity index (χ4n) is 4.46. The standard InChI is InChI=1S/C23H27ClN2O3S/c24-21-7-6-20(30-21)23(28)25-12-8-18(9-13-25)26(19-10-14-29-15-11-19)22(27)16-17-4-2-1-3-5-17/h1-7,18-19H,8-16H2. The van der Waals surface area contributed by atoms with Crippen LogP contribution in [0, 0.1) is 0 Å². The Balaban J connectivity index is 1.43. The summed E-state index contributed by atoms with van der Waals surface area (Å²) in [5.74, 6) is 0.224. The van der Waals surface area contributed by atoms with Gasteiger partial charge in [-0.15, -0.1) is 11.3 Å². The van der Waals surface area contributed by atoms with Crippen molar-refractivity contribution >= 4 is 34.8 Å².